The molecule has 5 heteroatoms. The molecule has 2 heterocycles. The van der Waals surface area contributed by atoms with Crippen LogP contribution in [0.5, 0.6) is 0 Å². The predicted octanol–water partition coefficient (Wildman–Crippen LogP) is 3.10. The fourth-order valence-corrected chi connectivity index (χ4v) is 3.57. The van der Waals surface area contributed by atoms with Crippen LogP contribution in [0.4, 0.5) is 0 Å². The van der Waals surface area contributed by atoms with Crippen molar-refractivity contribution in [1.82, 2.24) is 4.90 Å². The van der Waals surface area contributed by atoms with Crippen LogP contribution in [0.1, 0.15) is 49.8 Å². The van der Waals surface area contributed by atoms with Crippen LogP contribution in [-0.2, 0) is 9.59 Å². The van der Waals surface area contributed by atoms with E-state index in [4.69, 9.17) is 5.11 Å². The smallest absolute Gasteiger partial charge is 0.303 e. The SMILES string of the molecule is C[C@H](C(=O)N1CCCC[C@H]1CCC(=O)O)c1cccs1. The molecule has 20 heavy (non-hydrogen) atoms. The highest BCUT2D eigenvalue weighted by molar-refractivity contribution is 7.10. The summed E-state index contributed by atoms with van der Waals surface area (Å²) in [5.74, 6) is -0.766. The molecule has 1 fully saturated rings. The number of hydrogen-bond donors (Lipinski definition) is 1. The Morgan fingerprint density at radius 1 is 1.50 bits per heavy atom. The minimum absolute atomic E-state index is 0.0924. The van der Waals surface area contributed by atoms with Gasteiger partial charge in [0.2, 0.25) is 5.91 Å². The molecule has 1 N–H and O–H groups in total. The van der Waals surface area contributed by atoms with Gasteiger partial charge < -0.3 is 10.0 Å². The van der Waals surface area contributed by atoms with E-state index in [1.807, 2.05) is 29.3 Å². The molecule has 1 aromatic rings. The fraction of sp³-hybridized carbons (Fsp3) is 0.600. The lowest BCUT2D eigenvalue weighted by atomic mass is 9.95. The molecule has 2 atom stereocenters. The van der Waals surface area contributed by atoms with Gasteiger partial charge in [0.05, 0.1) is 5.92 Å². The van der Waals surface area contributed by atoms with E-state index >= 15 is 0 Å². The lowest BCUT2D eigenvalue weighted by Crippen LogP contribution is -2.45. The summed E-state index contributed by atoms with van der Waals surface area (Å²) in [6.07, 6.45) is 3.74. The number of carbonyl (C=O) groups excluding carboxylic acids is 1. The fourth-order valence-electron chi connectivity index (χ4n) is 2.79. The highest BCUT2D eigenvalue weighted by Gasteiger charge is 2.30. The Morgan fingerprint density at radius 3 is 2.95 bits per heavy atom. The molecule has 4 nitrogen and oxygen atoms in total. The molecule has 2 rings (SSSR count). The number of aliphatic carboxylic acids is 1. The van der Waals surface area contributed by atoms with Gasteiger partial charge in [-0.25, -0.2) is 0 Å². The van der Waals surface area contributed by atoms with Crippen LogP contribution in [0, 0.1) is 0 Å². The van der Waals surface area contributed by atoms with Gasteiger partial charge in [0, 0.05) is 23.9 Å². The van der Waals surface area contributed by atoms with Crippen molar-refractivity contribution in [3.63, 3.8) is 0 Å². The number of piperidine rings is 1. The number of nitrogens with zero attached hydrogens (tertiary/aromatic N) is 1. The molecule has 0 spiro atoms. The number of likely N-dealkylation sites (tertiary alicyclic amines) is 1. The molecule has 0 unspecified atom stereocenters. The summed E-state index contributed by atoms with van der Waals surface area (Å²) < 4.78 is 0. The van der Waals surface area contributed by atoms with Crippen LogP contribution >= 0.6 is 11.3 Å². The van der Waals surface area contributed by atoms with Gasteiger partial charge in [-0.1, -0.05) is 6.07 Å². The van der Waals surface area contributed by atoms with Crippen LogP contribution in [0.3, 0.4) is 0 Å². The van der Waals surface area contributed by atoms with Gasteiger partial charge in [0.15, 0.2) is 0 Å². The summed E-state index contributed by atoms with van der Waals surface area (Å²) in [7, 11) is 0. The molecular formula is C15H21NO3S. The molecule has 110 valence electrons. The standard InChI is InChI=1S/C15H21NO3S/c1-11(13-6-4-10-20-13)15(19)16-9-3-2-5-12(16)7-8-14(17)18/h4,6,10-12H,2-3,5,7-9H2,1H3,(H,17,18)/t11-,12-/m0/s1. The summed E-state index contributed by atoms with van der Waals surface area (Å²) in [5, 5.41) is 10.8. The first-order chi connectivity index (χ1) is 9.59. The van der Waals surface area contributed by atoms with E-state index in [0.29, 0.717) is 6.42 Å². The third-order valence-corrected chi connectivity index (χ3v) is 5.00. The normalized spacial score (nSPS) is 20.6. The molecule has 1 amide bonds. The van der Waals surface area contributed by atoms with E-state index in [-0.39, 0.29) is 24.3 Å². The Labute approximate surface area is 123 Å². The Bertz CT molecular complexity index is 458. The molecule has 0 aromatic carbocycles. The zero-order valence-electron chi connectivity index (χ0n) is 11.7. The van der Waals surface area contributed by atoms with Crippen LogP contribution in [0.2, 0.25) is 0 Å². The second-order valence-corrected chi connectivity index (χ2v) is 6.33. The average molecular weight is 295 g/mol. The van der Waals surface area contributed by atoms with Crippen LogP contribution < -0.4 is 0 Å². The number of carboxylic acid groups (broad SMARTS) is 1. The second-order valence-electron chi connectivity index (χ2n) is 5.35. The molecule has 1 saturated heterocycles. The minimum Gasteiger partial charge on any atom is -0.481 e. The number of carbonyl (C=O) groups is 2. The molecule has 0 aliphatic carbocycles. The maximum absolute atomic E-state index is 12.6. The monoisotopic (exact) mass is 295 g/mol. The molecule has 1 aliphatic rings. The summed E-state index contributed by atoms with van der Waals surface area (Å²) in [6.45, 7) is 2.70. The zero-order chi connectivity index (χ0) is 14.5. The number of hydrogen-bond acceptors (Lipinski definition) is 3. The third-order valence-electron chi connectivity index (χ3n) is 3.94. The van der Waals surface area contributed by atoms with Crippen molar-refractivity contribution in [2.45, 2.75) is 51.0 Å². The van der Waals surface area contributed by atoms with Gasteiger partial charge >= 0.3 is 5.97 Å². The molecule has 0 radical (unpaired) electrons. The molecular weight excluding hydrogens is 274 g/mol. The quantitative estimate of drug-likeness (QED) is 0.908. The van der Waals surface area contributed by atoms with Crippen molar-refractivity contribution in [3.8, 4) is 0 Å². The minimum atomic E-state index is -0.783. The van der Waals surface area contributed by atoms with Crippen LogP contribution in [0.25, 0.3) is 0 Å². The van der Waals surface area contributed by atoms with Gasteiger partial charge in [0.1, 0.15) is 0 Å². The number of amides is 1. The maximum Gasteiger partial charge on any atom is 0.303 e. The second kappa shape index (κ2) is 6.88. The summed E-state index contributed by atoms with van der Waals surface area (Å²) in [5.41, 5.74) is 0. The van der Waals surface area contributed by atoms with E-state index in [0.717, 1.165) is 30.7 Å². The van der Waals surface area contributed by atoms with Crippen molar-refractivity contribution in [1.29, 1.82) is 0 Å². The molecule has 1 aromatic heterocycles. The maximum atomic E-state index is 12.6. The topological polar surface area (TPSA) is 57.6 Å². The highest BCUT2D eigenvalue weighted by atomic mass is 32.1. The van der Waals surface area contributed by atoms with E-state index in [1.54, 1.807) is 11.3 Å². The van der Waals surface area contributed by atoms with E-state index in [9.17, 15) is 9.59 Å². The van der Waals surface area contributed by atoms with Crippen molar-refractivity contribution >= 4 is 23.2 Å². The number of rotatable bonds is 5. The van der Waals surface area contributed by atoms with Crippen LogP contribution in [-0.4, -0.2) is 34.5 Å². The Hall–Kier alpha value is -1.36. The Morgan fingerprint density at radius 2 is 2.30 bits per heavy atom. The lowest BCUT2D eigenvalue weighted by molar-refractivity contribution is -0.140. The summed E-state index contributed by atoms with van der Waals surface area (Å²) >= 11 is 1.60. The largest absolute Gasteiger partial charge is 0.481 e. The molecule has 1 aliphatic heterocycles. The number of thiophene rings is 1. The van der Waals surface area contributed by atoms with Crippen LogP contribution in [0.15, 0.2) is 17.5 Å². The Balaban J connectivity index is 2.03. The van der Waals surface area contributed by atoms with Gasteiger partial charge in [-0.3, -0.25) is 9.59 Å². The van der Waals surface area contributed by atoms with Crippen molar-refractivity contribution in [2.75, 3.05) is 6.54 Å². The summed E-state index contributed by atoms with van der Waals surface area (Å²) in [6, 6.07) is 4.04. The van der Waals surface area contributed by atoms with Gasteiger partial charge in [-0.15, -0.1) is 11.3 Å². The molecule has 0 bridgehead atoms. The van der Waals surface area contributed by atoms with Gasteiger partial charge in [-0.2, -0.15) is 0 Å². The van der Waals surface area contributed by atoms with Gasteiger partial charge in [-0.05, 0) is 44.1 Å². The first-order valence-electron chi connectivity index (χ1n) is 7.15. The third kappa shape index (κ3) is 3.60. The lowest BCUT2D eigenvalue weighted by Gasteiger charge is -2.37. The van der Waals surface area contributed by atoms with Gasteiger partial charge in [0.25, 0.3) is 0 Å². The van der Waals surface area contributed by atoms with Crippen molar-refractivity contribution in [3.05, 3.63) is 22.4 Å². The molecule has 0 saturated carbocycles. The zero-order valence-corrected chi connectivity index (χ0v) is 12.6. The first kappa shape index (κ1) is 15.0. The van der Waals surface area contributed by atoms with E-state index in [2.05, 4.69) is 0 Å². The summed E-state index contributed by atoms with van der Waals surface area (Å²) in [4.78, 5) is 26.4. The first-order valence-corrected chi connectivity index (χ1v) is 8.03. The predicted molar refractivity (Wildman–Crippen MR) is 79.0 cm³/mol. The average Bonchev–Trinajstić information content (AvgIpc) is 2.98. The van der Waals surface area contributed by atoms with Crippen molar-refractivity contribution < 1.29 is 14.7 Å². The number of carboxylic acids is 1. The van der Waals surface area contributed by atoms with E-state index in [1.165, 1.54) is 0 Å². The van der Waals surface area contributed by atoms with E-state index < -0.39 is 5.97 Å². The highest BCUT2D eigenvalue weighted by Crippen LogP contribution is 2.28. The van der Waals surface area contributed by atoms with Crippen molar-refractivity contribution in [2.24, 2.45) is 0 Å². The Kier molecular flexibility index (Phi) is 5.17.